The molecule has 0 bridgehead atoms. The van der Waals surface area contributed by atoms with E-state index in [0.717, 1.165) is 18.4 Å². The zero-order valence-corrected chi connectivity index (χ0v) is 24.5. The van der Waals surface area contributed by atoms with E-state index in [9.17, 15) is 34.2 Å². The van der Waals surface area contributed by atoms with E-state index in [4.69, 9.17) is 9.84 Å². The number of hydrogen-bond donors (Lipinski definition) is 4. The molecule has 7 unspecified atom stereocenters. The van der Waals surface area contributed by atoms with Crippen LogP contribution >= 0.6 is 0 Å². The molecule has 0 aliphatic heterocycles. The molecular weight excluding hydrogens is 554 g/mol. The van der Waals surface area contributed by atoms with Gasteiger partial charge in [0.05, 0.1) is 18.1 Å². The summed E-state index contributed by atoms with van der Waals surface area (Å²) in [4.78, 5) is 60.9. The fraction of sp³-hybridized carbons (Fsp3) is 0.545. The third kappa shape index (κ3) is 5.47. The Morgan fingerprint density at radius 3 is 2.49 bits per heavy atom. The van der Waals surface area contributed by atoms with Crippen LogP contribution in [0.25, 0.3) is 0 Å². The molecule has 3 fully saturated rings. The molecule has 1 aromatic rings. The highest BCUT2D eigenvalue weighted by atomic mass is 16.5. The highest BCUT2D eigenvalue weighted by Crippen LogP contribution is 2.67. The number of rotatable bonds is 9. The molecule has 0 saturated heterocycles. The van der Waals surface area contributed by atoms with Crippen LogP contribution in [0.5, 0.6) is 0 Å². The summed E-state index contributed by atoms with van der Waals surface area (Å²) in [5.74, 6) is -2.90. The number of carboxylic acids is 1. The molecule has 4 aliphatic rings. The standard InChI is InChI=1S/C33H39NO9/c1-31-13-11-22(35)15-21(31)7-8-23-24-12-14-33(42,32(24,2)16-25(36)29(23)31)26(37)18-43-28(39)10-9-27(38)34-17-19-3-5-20(6-4-19)30(40)41/h3-6,11,13,15,23-25,29,36,42H,7-10,12,14,16-18H2,1-2H3,(H,34,38)(H,40,41). The minimum absolute atomic E-state index is 0.0148. The van der Waals surface area contributed by atoms with Gasteiger partial charge in [-0.25, -0.2) is 4.79 Å². The van der Waals surface area contributed by atoms with Crippen LogP contribution in [0.1, 0.15) is 74.7 Å². The quantitative estimate of drug-likeness (QED) is 0.315. The van der Waals surface area contributed by atoms with Crippen molar-refractivity contribution in [2.24, 2.45) is 28.6 Å². The second-order valence-corrected chi connectivity index (χ2v) is 13.0. The van der Waals surface area contributed by atoms with E-state index in [1.54, 1.807) is 24.3 Å². The summed E-state index contributed by atoms with van der Waals surface area (Å²) in [7, 11) is 0. The normalized spacial score (nSPS) is 34.3. The Morgan fingerprint density at radius 2 is 1.79 bits per heavy atom. The fourth-order valence-corrected chi connectivity index (χ4v) is 8.40. The van der Waals surface area contributed by atoms with Crippen molar-refractivity contribution in [1.29, 1.82) is 0 Å². The van der Waals surface area contributed by atoms with Crippen molar-refractivity contribution in [3.63, 3.8) is 0 Å². The summed E-state index contributed by atoms with van der Waals surface area (Å²) in [5.41, 5.74) is -1.24. The molecule has 10 heteroatoms. The predicted molar refractivity (Wildman–Crippen MR) is 153 cm³/mol. The number of allylic oxidation sites excluding steroid dienone is 4. The minimum atomic E-state index is -1.76. The third-order valence-corrected chi connectivity index (χ3v) is 10.7. The van der Waals surface area contributed by atoms with Crippen molar-refractivity contribution in [3.8, 4) is 0 Å². The minimum Gasteiger partial charge on any atom is -0.478 e. The first-order valence-corrected chi connectivity index (χ1v) is 14.9. The highest BCUT2D eigenvalue weighted by molar-refractivity contribution is 6.01. The Kier molecular flexibility index (Phi) is 8.22. The molecular formula is C33H39NO9. The van der Waals surface area contributed by atoms with Crippen molar-refractivity contribution in [3.05, 3.63) is 59.2 Å². The predicted octanol–water partition coefficient (Wildman–Crippen LogP) is 2.90. The number of esters is 1. The Bertz CT molecular complexity index is 1400. The van der Waals surface area contributed by atoms with Crippen LogP contribution in [0.2, 0.25) is 0 Å². The van der Waals surface area contributed by atoms with Gasteiger partial charge in [0, 0.05) is 29.7 Å². The van der Waals surface area contributed by atoms with Gasteiger partial charge in [-0.2, -0.15) is 0 Å². The van der Waals surface area contributed by atoms with Crippen molar-refractivity contribution in [2.45, 2.75) is 77.0 Å². The smallest absolute Gasteiger partial charge is 0.335 e. The number of carbonyl (C=O) groups is 5. The Morgan fingerprint density at radius 1 is 1.07 bits per heavy atom. The zero-order chi connectivity index (χ0) is 31.2. The number of nitrogens with one attached hydrogen (secondary N) is 1. The number of benzene rings is 1. The molecule has 5 rings (SSSR count). The number of aliphatic hydroxyl groups excluding tert-OH is 1. The van der Waals surface area contributed by atoms with Gasteiger partial charge in [0.2, 0.25) is 11.7 Å². The van der Waals surface area contributed by atoms with Crippen LogP contribution < -0.4 is 5.32 Å². The molecule has 0 spiro atoms. The van der Waals surface area contributed by atoms with E-state index in [0.29, 0.717) is 12.0 Å². The molecule has 43 heavy (non-hydrogen) atoms. The van der Waals surface area contributed by atoms with Crippen LogP contribution in [0.15, 0.2) is 48.1 Å². The van der Waals surface area contributed by atoms with Crippen molar-refractivity contribution < 1.29 is 44.0 Å². The third-order valence-electron chi connectivity index (χ3n) is 10.7. The van der Waals surface area contributed by atoms with Gasteiger partial charge in [0.25, 0.3) is 0 Å². The number of aromatic carboxylic acids is 1. The largest absolute Gasteiger partial charge is 0.478 e. The highest BCUT2D eigenvalue weighted by Gasteiger charge is 2.68. The summed E-state index contributed by atoms with van der Waals surface area (Å²) in [6.45, 7) is 3.47. The van der Waals surface area contributed by atoms with E-state index < -0.39 is 52.8 Å². The van der Waals surface area contributed by atoms with Gasteiger partial charge in [0.1, 0.15) is 5.60 Å². The van der Waals surface area contributed by atoms with E-state index >= 15 is 0 Å². The number of Topliss-reactive ketones (excluding diaryl/α,β-unsaturated/α-hetero) is 1. The van der Waals surface area contributed by atoms with Crippen molar-refractivity contribution >= 4 is 29.4 Å². The number of hydrogen-bond acceptors (Lipinski definition) is 8. The molecule has 7 atom stereocenters. The average molecular weight is 594 g/mol. The van der Waals surface area contributed by atoms with Crippen LogP contribution in [0.4, 0.5) is 0 Å². The van der Waals surface area contributed by atoms with E-state index in [1.807, 2.05) is 13.0 Å². The molecule has 0 heterocycles. The van der Waals surface area contributed by atoms with Crippen LogP contribution in [-0.2, 0) is 30.5 Å². The van der Waals surface area contributed by atoms with Gasteiger partial charge in [-0.1, -0.05) is 37.6 Å². The number of amides is 1. The van der Waals surface area contributed by atoms with Crippen LogP contribution in [-0.4, -0.2) is 63.0 Å². The van der Waals surface area contributed by atoms with Crippen molar-refractivity contribution in [1.82, 2.24) is 5.32 Å². The van der Waals surface area contributed by atoms with E-state index in [-0.39, 0.29) is 61.3 Å². The molecule has 0 aromatic heterocycles. The Labute approximate surface area is 250 Å². The topological polar surface area (TPSA) is 167 Å². The number of ether oxygens (including phenoxy) is 1. The summed E-state index contributed by atoms with van der Waals surface area (Å²) < 4.78 is 5.19. The fourth-order valence-electron chi connectivity index (χ4n) is 8.40. The van der Waals surface area contributed by atoms with Crippen LogP contribution in [0, 0.1) is 28.6 Å². The average Bonchev–Trinajstić information content (AvgIpc) is 3.24. The second-order valence-electron chi connectivity index (χ2n) is 13.0. The maximum Gasteiger partial charge on any atom is 0.335 e. The Balaban J connectivity index is 1.14. The van der Waals surface area contributed by atoms with Crippen LogP contribution in [0.3, 0.4) is 0 Å². The number of aliphatic hydroxyl groups is 2. The monoisotopic (exact) mass is 593 g/mol. The first-order chi connectivity index (χ1) is 20.3. The van der Waals surface area contributed by atoms with Gasteiger partial charge < -0.3 is 25.4 Å². The number of carboxylic acid groups (broad SMARTS) is 1. The molecule has 1 amide bonds. The van der Waals surface area contributed by atoms with E-state index in [2.05, 4.69) is 12.2 Å². The molecule has 4 aliphatic carbocycles. The SMILES string of the molecule is CC12C=CC(=O)C=C1CCC1C2C(O)CC2(C)C1CCC2(O)C(=O)COC(=O)CCC(=O)NCc1ccc(C(=O)O)cc1. The molecule has 1 aromatic carbocycles. The lowest BCUT2D eigenvalue weighted by Gasteiger charge is -2.59. The zero-order valence-electron chi connectivity index (χ0n) is 24.5. The van der Waals surface area contributed by atoms with Gasteiger partial charge >= 0.3 is 11.9 Å². The van der Waals surface area contributed by atoms with Gasteiger partial charge in [-0.05, 0) is 73.8 Å². The summed E-state index contributed by atoms with van der Waals surface area (Å²) >= 11 is 0. The number of ketones is 2. The van der Waals surface area contributed by atoms with Crippen molar-refractivity contribution in [2.75, 3.05) is 6.61 Å². The number of carbonyl (C=O) groups excluding carboxylic acids is 4. The summed E-state index contributed by atoms with van der Waals surface area (Å²) in [6, 6.07) is 6.05. The first-order valence-electron chi connectivity index (χ1n) is 14.9. The lowest BCUT2D eigenvalue weighted by molar-refractivity contribution is -0.181. The molecule has 0 radical (unpaired) electrons. The second kappa shape index (κ2) is 11.5. The molecule has 3 saturated carbocycles. The molecule has 4 N–H and O–H groups in total. The number of fused-ring (bicyclic) bond motifs is 5. The summed E-state index contributed by atoms with van der Waals surface area (Å²) in [5, 5.41) is 34.9. The maximum atomic E-state index is 13.4. The maximum absolute atomic E-state index is 13.4. The molecule has 230 valence electrons. The summed E-state index contributed by atoms with van der Waals surface area (Å²) in [6.07, 6.45) is 6.51. The molecule has 10 nitrogen and oxygen atoms in total. The van der Waals surface area contributed by atoms with Gasteiger partial charge in [0.15, 0.2) is 12.4 Å². The lowest BCUT2D eigenvalue weighted by atomic mass is 9.46. The first kappa shape index (κ1) is 30.8. The van der Waals surface area contributed by atoms with Gasteiger partial charge in [-0.3, -0.25) is 19.2 Å². The Hall–Kier alpha value is -3.63. The lowest BCUT2D eigenvalue weighted by Crippen LogP contribution is -2.61. The van der Waals surface area contributed by atoms with Gasteiger partial charge in [-0.15, -0.1) is 0 Å². The van der Waals surface area contributed by atoms with E-state index in [1.165, 1.54) is 12.1 Å².